The molecule has 2 heterocycles. The van der Waals surface area contributed by atoms with Crippen molar-refractivity contribution in [3.63, 3.8) is 0 Å². The number of thioether (sulfide) groups is 1. The van der Waals surface area contributed by atoms with E-state index in [1.807, 2.05) is 0 Å². The van der Waals surface area contributed by atoms with Crippen LogP contribution in [0.1, 0.15) is 104 Å². The Morgan fingerprint density at radius 1 is 0.854 bits per heavy atom. The number of hydrogen-bond donors (Lipinski definition) is 0. The molecule has 0 saturated heterocycles. The Hall–Kier alpha value is -3.14. The number of allylic oxidation sites excluding steroid dienone is 4. The fraction of sp³-hybridized carbons (Fsp3) is 0.409. The average Bonchev–Trinajstić information content (AvgIpc) is 3.28. The van der Waals surface area contributed by atoms with Gasteiger partial charge in [0.05, 0.1) is 21.9 Å². The monoisotopic (exact) mass is 676 g/mol. The number of halogens is 1. The number of benzene rings is 3. The Morgan fingerprint density at radius 3 is 2.23 bits per heavy atom. The first-order chi connectivity index (χ1) is 22.5. The minimum atomic E-state index is -0.0795. The maximum absolute atomic E-state index is 7.81. The van der Waals surface area contributed by atoms with Gasteiger partial charge >= 0.3 is 0 Å². The highest BCUT2D eigenvalue weighted by molar-refractivity contribution is 8.06. The maximum atomic E-state index is 7.81. The van der Waals surface area contributed by atoms with Gasteiger partial charge in [-0.15, -0.1) is 0 Å². The highest BCUT2D eigenvalue weighted by Crippen LogP contribution is 2.62. The average molecular weight is 677 g/mol. The molecule has 1 aliphatic carbocycles. The molecule has 3 aliphatic rings. The van der Waals surface area contributed by atoms with Gasteiger partial charge in [-0.1, -0.05) is 134 Å². The van der Waals surface area contributed by atoms with Crippen LogP contribution in [-0.2, 0) is 10.8 Å². The summed E-state index contributed by atoms with van der Waals surface area (Å²) in [7, 11) is 0. The minimum Gasteiger partial charge on any atom is -0.333 e. The topological polar surface area (TPSA) is 6.48 Å². The van der Waals surface area contributed by atoms with Crippen LogP contribution in [-0.4, -0.2) is 5.54 Å². The van der Waals surface area contributed by atoms with Gasteiger partial charge in [-0.2, -0.15) is 0 Å². The lowest BCUT2D eigenvalue weighted by atomic mass is 9.61. The second kappa shape index (κ2) is 12.6. The number of aryl methyl sites for hydroxylation is 1. The SMILES string of the molecule is C=C1/C=C\C(C(C)(C)C)=C/C/C(N(c2ccc(C(C)(C)C)cc2)c2cc(C)cc(N3c4ccccc4C4(C)CCCCC34C)c2Cl)=C\S1. The predicted molar refractivity (Wildman–Crippen MR) is 212 cm³/mol. The highest BCUT2D eigenvalue weighted by Gasteiger charge is 2.57. The summed E-state index contributed by atoms with van der Waals surface area (Å²) in [6, 6.07) is 22.7. The number of hydrogen-bond acceptors (Lipinski definition) is 3. The van der Waals surface area contributed by atoms with Crippen molar-refractivity contribution >= 4 is 46.1 Å². The summed E-state index contributed by atoms with van der Waals surface area (Å²) in [5.41, 5.74) is 11.0. The first kappa shape index (κ1) is 34.7. The van der Waals surface area contributed by atoms with E-state index in [-0.39, 0.29) is 21.8 Å². The predicted octanol–water partition coefficient (Wildman–Crippen LogP) is 13.8. The molecule has 4 heteroatoms. The molecule has 2 nitrogen and oxygen atoms in total. The fourth-order valence-corrected chi connectivity index (χ4v) is 9.01. The molecule has 252 valence electrons. The zero-order valence-corrected chi connectivity index (χ0v) is 32.1. The third-order valence-corrected chi connectivity index (χ3v) is 12.4. The molecule has 0 bridgehead atoms. The summed E-state index contributed by atoms with van der Waals surface area (Å²) in [6.07, 6.45) is 12.3. The molecular weight excluding hydrogens is 624 g/mol. The fourth-order valence-electron chi connectivity index (χ4n) is 8.10. The van der Waals surface area contributed by atoms with Crippen LogP contribution in [0.25, 0.3) is 0 Å². The van der Waals surface area contributed by atoms with Gasteiger partial charge in [-0.3, -0.25) is 0 Å². The van der Waals surface area contributed by atoms with Crippen molar-refractivity contribution in [3.8, 4) is 0 Å². The third kappa shape index (κ3) is 6.11. The van der Waals surface area contributed by atoms with Crippen molar-refractivity contribution in [1.82, 2.24) is 0 Å². The van der Waals surface area contributed by atoms with E-state index in [2.05, 4.69) is 163 Å². The molecule has 1 saturated carbocycles. The van der Waals surface area contributed by atoms with Crippen LogP contribution in [0.2, 0.25) is 5.02 Å². The van der Waals surface area contributed by atoms with Gasteiger partial charge in [-0.05, 0) is 102 Å². The number of anilines is 4. The van der Waals surface area contributed by atoms with E-state index in [1.54, 1.807) is 11.8 Å². The van der Waals surface area contributed by atoms with Crippen LogP contribution >= 0.6 is 23.4 Å². The Bertz CT molecular complexity index is 1820. The van der Waals surface area contributed by atoms with E-state index in [4.69, 9.17) is 11.6 Å². The molecule has 0 aromatic heterocycles. The van der Waals surface area contributed by atoms with Gasteiger partial charge in [0.25, 0.3) is 0 Å². The van der Waals surface area contributed by atoms with Crippen molar-refractivity contribution in [1.29, 1.82) is 0 Å². The van der Waals surface area contributed by atoms with Crippen molar-refractivity contribution in [2.75, 3.05) is 9.80 Å². The van der Waals surface area contributed by atoms with Crippen molar-refractivity contribution in [2.24, 2.45) is 5.41 Å². The van der Waals surface area contributed by atoms with Crippen molar-refractivity contribution in [2.45, 2.75) is 111 Å². The Kier molecular flexibility index (Phi) is 9.14. The zero-order chi connectivity index (χ0) is 34.6. The lowest BCUT2D eigenvalue weighted by Gasteiger charge is -2.50. The van der Waals surface area contributed by atoms with Gasteiger partial charge in [-0.25, -0.2) is 0 Å². The Balaban J connectivity index is 1.57. The van der Waals surface area contributed by atoms with E-state index < -0.39 is 0 Å². The smallest absolute Gasteiger partial charge is 0.0883 e. The van der Waals surface area contributed by atoms with Gasteiger partial charge in [0, 0.05) is 33.8 Å². The summed E-state index contributed by atoms with van der Waals surface area (Å²) in [5.74, 6) is 0. The molecule has 6 rings (SSSR count). The standard InChI is InChI=1S/C44H53ClN2S/c1-30-27-38(40(45)39(28-30)47-37-16-12-11-15-36(37)43(9)25-13-14-26-44(43,47)10)46(34-22-19-33(20-23-34)42(6,7)8)35-24-21-32(41(3,4)5)18-17-31(2)48-29-35/h11-12,15-23,27-29H,2,13-14,24-26H2,1,3-10H3/b18-17-,32-21+,35-29+. The summed E-state index contributed by atoms with van der Waals surface area (Å²) in [4.78, 5) is 6.02. The van der Waals surface area contributed by atoms with Crippen LogP contribution < -0.4 is 9.80 Å². The molecule has 1 fully saturated rings. The second-order valence-corrected chi connectivity index (χ2v) is 17.9. The van der Waals surface area contributed by atoms with Crippen LogP contribution in [0, 0.1) is 12.3 Å². The number of fused-ring (bicyclic) bond motifs is 3. The molecule has 2 aliphatic heterocycles. The lowest BCUT2D eigenvalue weighted by Crippen LogP contribution is -2.54. The molecule has 48 heavy (non-hydrogen) atoms. The molecule has 3 aromatic rings. The Labute approximate surface area is 299 Å². The first-order valence-corrected chi connectivity index (χ1v) is 18.8. The number of rotatable bonds is 4. The Morgan fingerprint density at radius 2 is 1.54 bits per heavy atom. The second-order valence-electron chi connectivity index (χ2n) is 16.6. The summed E-state index contributed by atoms with van der Waals surface area (Å²) in [6.45, 7) is 25.2. The van der Waals surface area contributed by atoms with Crippen LogP contribution in [0.5, 0.6) is 0 Å². The van der Waals surface area contributed by atoms with Gasteiger partial charge in [0.1, 0.15) is 0 Å². The molecule has 2 atom stereocenters. The highest BCUT2D eigenvalue weighted by atomic mass is 35.5. The van der Waals surface area contributed by atoms with Gasteiger partial charge in [0.15, 0.2) is 0 Å². The lowest BCUT2D eigenvalue weighted by molar-refractivity contribution is 0.195. The first-order valence-electron chi connectivity index (χ1n) is 17.6. The van der Waals surface area contributed by atoms with Gasteiger partial charge in [0.2, 0.25) is 0 Å². The van der Waals surface area contributed by atoms with Crippen LogP contribution in [0.15, 0.2) is 107 Å². The molecule has 0 amide bonds. The molecule has 0 radical (unpaired) electrons. The molecular formula is C44H53ClN2S. The summed E-state index contributed by atoms with van der Waals surface area (Å²) >= 11 is 9.49. The normalized spacial score (nSPS) is 25.9. The summed E-state index contributed by atoms with van der Waals surface area (Å²) < 4.78 is 0. The van der Waals surface area contributed by atoms with E-state index in [1.165, 1.54) is 52.9 Å². The van der Waals surface area contributed by atoms with Crippen molar-refractivity contribution < 1.29 is 0 Å². The number of para-hydroxylation sites is 1. The third-order valence-electron chi connectivity index (χ3n) is 11.1. The summed E-state index contributed by atoms with van der Waals surface area (Å²) in [5, 5.41) is 3.06. The van der Waals surface area contributed by atoms with Gasteiger partial charge < -0.3 is 9.80 Å². The molecule has 0 N–H and O–H groups in total. The maximum Gasteiger partial charge on any atom is 0.0883 e. The zero-order valence-electron chi connectivity index (χ0n) is 30.5. The molecule has 3 aromatic carbocycles. The van der Waals surface area contributed by atoms with E-state index in [0.29, 0.717) is 0 Å². The largest absolute Gasteiger partial charge is 0.333 e. The molecule has 2 unspecified atom stereocenters. The van der Waals surface area contributed by atoms with E-state index in [0.717, 1.165) is 39.8 Å². The number of nitrogens with zero attached hydrogens (tertiary/aromatic N) is 2. The van der Waals surface area contributed by atoms with Crippen LogP contribution in [0.3, 0.4) is 0 Å². The van der Waals surface area contributed by atoms with Crippen molar-refractivity contribution in [3.05, 3.63) is 129 Å². The van der Waals surface area contributed by atoms with E-state index in [9.17, 15) is 0 Å². The quantitative estimate of drug-likeness (QED) is 0.271. The van der Waals surface area contributed by atoms with Crippen LogP contribution in [0.4, 0.5) is 22.7 Å². The molecule has 0 spiro atoms. The van der Waals surface area contributed by atoms with E-state index >= 15 is 0 Å². The minimum absolute atomic E-state index is 0.00939.